The van der Waals surface area contributed by atoms with Gasteiger partial charge in [-0.05, 0) is 42.2 Å². The monoisotopic (exact) mass is 1070 g/mol. The Kier molecular flexibility index (Phi) is 18.4. The normalized spacial score (nSPS) is 11.6. The summed E-state index contributed by atoms with van der Waals surface area (Å²) in [5.41, 5.74) is 2.71. The summed E-state index contributed by atoms with van der Waals surface area (Å²) < 4.78 is 179. The number of halogens is 9. The van der Waals surface area contributed by atoms with Crippen LogP contribution in [0.1, 0.15) is 27.3 Å². The van der Waals surface area contributed by atoms with E-state index in [0.29, 0.717) is 18.0 Å². The summed E-state index contributed by atoms with van der Waals surface area (Å²) in [6, 6.07) is 1.30. The van der Waals surface area contributed by atoms with Crippen LogP contribution in [0.15, 0.2) is 57.6 Å². The zero-order chi connectivity index (χ0) is 53.0. The van der Waals surface area contributed by atoms with Gasteiger partial charge in [0.05, 0.1) is 28.5 Å². The van der Waals surface area contributed by atoms with E-state index in [0.717, 1.165) is 36.8 Å². The number of hydrogen-bond donors (Lipinski definition) is 7. The number of hydrogen-bond acceptors (Lipinski definition) is 20. The molecule has 5 rings (SSSR count). The van der Waals surface area contributed by atoms with Crippen molar-refractivity contribution < 1.29 is 90.1 Å². The third-order valence-corrected chi connectivity index (χ3v) is 10.6. The predicted octanol–water partition coefficient (Wildman–Crippen LogP) is 3.85. The van der Waals surface area contributed by atoms with Crippen LogP contribution in [-0.4, -0.2) is 119 Å². The molecule has 0 saturated heterocycles. The zero-order valence-electron chi connectivity index (χ0n) is 35.1. The maximum atomic E-state index is 13.0. The zero-order valence-corrected chi connectivity index (χ0v) is 37.5. The van der Waals surface area contributed by atoms with E-state index < -0.39 is 120 Å². The van der Waals surface area contributed by atoms with Crippen molar-refractivity contribution in [2.24, 2.45) is 5.73 Å². The molecule has 0 spiro atoms. The molecule has 0 radical (unpaired) electrons. The number of aryl methyl sites for hydroxylation is 1. The summed E-state index contributed by atoms with van der Waals surface area (Å²) in [6.07, 6.45) is -14.8. The number of alkyl halides is 9. The number of carbonyl (C=O) groups is 4. The van der Waals surface area contributed by atoms with Gasteiger partial charge in [0.15, 0.2) is 12.4 Å². The number of amides is 6. The Bertz CT molecular complexity index is 2910. The number of carbonyl (C=O) groups excluding carboxylic acids is 3. The molecule has 70 heavy (non-hydrogen) atoms. The van der Waals surface area contributed by atoms with E-state index in [1.165, 1.54) is 42.8 Å². The van der Waals surface area contributed by atoms with Gasteiger partial charge >= 0.3 is 54.6 Å². The molecule has 2 aromatic carbocycles. The van der Waals surface area contributed by atoms with E-state index >= 15 is 0 Å². The molecule has 3 heterocycles. The number of carboxylic acid groups (broad SMARTS) is 1. The molecule has 26 nitrogen and oxygen atoms in total. The van der Waals surface area contributed by atoms with Gasteiger partial charge in [0.2, 0.25) is 23.7 Å². The number of sulfonamides is 2. The van der Waals surface area contributed by atoms with Gasteiger partial charge in [-0.15, -0.1) is 5.10 Å². The largest absolute Gasteiger partial charge is 0.478 e. The first-order valence-corrected chi connectivity index (χ1v) is 21.5. The van der Waals surface area contributed by atoms with Crippen LogP contribution in [0.5, 0.6) is 12.0 Å². The number of urea groups is 3. The molecule has 0 fully saturated rings. The van der Waals surface area contributed by atoms with E-state index in [9.17, 15) is 80.6 Å². The van der Waals surface area contributed by atoms with Crippen LogP contribution in [0, 0.1) is 6.92 Å². The fourth-order valence-electron chi connectivity index (χ4n) is 4.51. The highest BCUT2D eigenvalue weighted by molar-refractivity contribution is 7.90. The Morgan fingerprint density at radius 3 is 1.86 bits per heavy atom. The summed E-state index contributed by atoms with van der Waals surface area (Å²) in [6.45, 7) is -0.381. The SMILES string of the molecule is COc1nc(NC(=O)NS(=O)(=O)c2ccccc2C(F)(F)F)nc(C(F)(F)F)n1.Cc1cccc(C(=O)O)c1S(=O)(=O)NC(=O)Nc1nc(OCC(F)(F)F)nc(N(C)C)n1.NC(=O)Nc1csnn1. The quantitative estimate of drug-likeness (QED) is 0.0872. The molecule has 380 valence electrons. The van der Waals surface area contributed by atoms with Crippen molar-refractivity contribution in [3.63, 3.8) is 0 Å². The van der Waals surface area contributed by atoms with Crippen LogP contribution in [0.2, 0.25) is 0 Å². The van der Waals surface area contributed by atoms with Crippen LogP contribution >= 0.6 is 11.5 Å². The van der Waals surface area contributed by atoms with Crippen molar-refractivity contribution in [2.45, 2.75) is 35.2 Å². The van der Waals surface area contributed by atoms with Gasteiger partial charge in [-0.25, -0.2) is 45.5 Å². The molecule has 0 aliphatic rings. The topological polar surface area (TPSA) is 368 Å². The fourth-order valence-corrected chi connectivity index (χ4v) is 7.36. The molecule has 0 bridgehead atoms. The number of benzene rings is 2. The third kappa shape index (κ3) is 17.2. The summed E-state index contributed by atoms with van der Waals surface area (Å²) >= 11 is 1.15. The highest BCUT2D eigenvalue weighted by atomic mass is 32.2. The van der Waals surface area contributed by atoms with Gasteiger partial charge in [-0.2, -0.15) is 69.4 Å². The third-order valence-electron chi connectivity index (χ3n) is 7.13. The second-order valence-corrected chi connectivity index (χ2v) is 16.5. The Morgan fingerprint density at radius 2 is 1.34 bits per heavy atom. The fraction of sp³-hybridized carbons (Fsp3) is 0.250. The van der Waals surface area contributed by atoms with Crippen molar-refractivity contribution in [3.05, 3.63) is 70.4 Å². The minimum absolute atomic E-state index is 0.0584. The summed E-state index contributed by atoms with van der Waals surface area (Å²) in [5.74, 6) is -4.76. The minimum atomic E-state index is -5.05. The highest BCUT2D eigenvalue weighted by Gasteiger charge is 2.39. The van der Waals surface area contributed by atoms with E-state index in [2.05, 4.69) is 54.3 Å². The van der Waals surface area contributed by atoms with Crippen molar-refractivity contribution in [2.75, 3.05) is 48.7 Å². The van der Waals surface area contributed by atoms with Crippen LogP contribution in [0.4, 0.5) is 77.6 Å². The number of primary amides is 1. The second-order valence-electron chi connectivity index (χ2n) is 12.7. The number of aromatic carboxylic acids is 1. The lowest BCUT2D eigenvalue weighted by Crippen LogP contribution is -2.36. The van der Waals surface area contributed by atoms with E-state index in [4.69, 9.17) is 5.73 Å². The Balaban J connectivity index is 0.000000315. The number of nitrogens with two attached hydrogens (primary N) is 1. The molecule has 6 amide bonds. The Hall–Kier alpha value is -8.03. The number of nitrogens with one attached hydrogen (secondary N) is 5. The number of methoxy groups -OCH3 is 1. The van der Waals surface area contributed by atoms with Gasteiger partial charge in [0.25, 0.3) is 20.0 Å². The average molecular weight is 1070 g/mol. The van der Waals surface area contributed by atoms with Gasteiger partial charge in [-0.1, -0.05) is 28.8 Å². The Labute approximate surface area is 389 Å². The molecule has 5 aromatic rings. The van der Waals surface area contributed by atoms with Crippen LogP contribution in [-0.2, 0) is 32.4 Å². The standard InChI is InChI=1S/C16H17F3N6O6S.C13H9F6N5O4S.C3H4N4OS/c1-8-5-4-6-9(11(26)27)10(8)32(29,30)24-14(28)21-12-20-13(25(2)3)23-15(22-12)31-7-16(17,18)19;1-28-11-21-8(13(17,18)19)20-9(23-11)22-10(25)24-29(26,27)7-5-3-2-4-6(7)12(14,15)16;4-3(8)5-2-1-9-7-6-2/h4-6H,7H2,1-3H3,(H,26,27)(H2,20,21,22,23,24,28);2-5H,1H3,(H2,20,21,22,23,24,25);1H,(H3,4,5,8). The highest BCUT2D eigenvalue weighted by Crippen LogP contribution is 2.34. The molecule has 0 atom stereocenters. The number of rotatable bonds is 12. The first-order chi connectivity index (χ1) is 32.2. The molecular weight excluding hydrogens is 1040 g/mol. The minimum Gasteiger partial charge on any atom is -0.478 e. The second kappa shape index (κ2) is 22.8. The molecule has 0 aliphatic heterocycles. The van der Waals surface area contributed by atoms with Crippen molar-refractivity contribution in [1.82, 2.24) is 48.9 Å². The van der Waals surface area contributed by atoms with Crippen LogP contribution < -0.4 is 45.5 Å². The maximum Gasteiger partial charge on any atom is 0.451 e. The lowest BCUT2D eigenvalue weighted by molar-refractivity contribution is -0.154. The van der Waals surface area contributed by atoms with E-state index in [1.54, 1.807) is 15.4 Å². The molecule has 0 saturated carbocycles. The number of carboxylic acids is 1. The first-order valence-electron chi connectivity index (χ1n) is 17.7. The summed E-state index contributed by atoms with van der Waals surface area (Å²) in [7, 11) is -5.90. The number of aromatic nitrogens is 8. The first kappa shape index (κ1) is 56.3. The van der Waals surface area contributed by atoms with Crippen LogP contribution in [0.3, 0.4) is 0 Å². The summed E-state index contributed by atoms with van der Waals surface area (Å²) in [4.78, 5) is 64.8. The molecule has 8 N–H and O–H groups in total. The van der Waals surface area contributed by atoms with Crippen molar-refractivity contribution in [1.29, 1.82) is 0 Å². The number of nitrogens with zero attached hydrogens (tertiary/aromatic N) is 9. The average Bonchev–Trinajstić information content (AvgIpc) is 3.74. The maximum absolute atomic E-state index is 13.0. The molecule has 0 unspecified atom stereocenters. The van der Waals surface area contributed by atoms with E-state index in [1.807, 2.05) is 5.32 Å². The van der Waals surface area contributed by atoms with Gasteiger partial charge < -0.3 is 25.2 Å². The van der Waals surface area contributed by atoms with Crippen molar-refractivity contribution >= 4 is 79.3 Å². The van der Waals surface area contributed by atoms with Gasteiger partial charge in [0.1, 0.15) is 4.90 Å². The van der Waals surface area contributed by atoms with Crippen molar-refractivity contribution in [3.8, 4) is 12.0 Å². The smallest absolute Gasteiger partial charge is 0.451 e. The molecular formula is C32H30F9N15O11S3. The predicted molar refractivity (Wildman–Crippen MR) is 218 cm³/mol. The number of anilines is 4. The van der Waals surface area contributed by atoms with E-state index in [-0.39, 0.29) is 11.5 Å². The summed E-state index contributed by atoms with van der Waals surface area (Å²) in [5, 5.41) is 20.1. The molecule has 0 aliphatic carbocycles. The lowest BCUT2D eigenvalue weighted by atomic mass is 10.1. The lowest BCUT2D eigenvalue weighted by Gasteiger charge is -2.15. The van der Waals surface area contributed by atoms with Gasteiger partial charge in [-0.3, -0.25) is 16.0 Å². The molecule has 38 heteroatoms. The van der Waals surface area contributed by atoms with Crippen LogP contribution in [0.25, 0.3) is 0 Å². The molecule has 3 aromatic heterocycles. The Morgan fingerprint density at radius 1 is 0.757 bits per heavy atom. The van der Waals surface area contributed by atoms with Gasteiger partial charge in [0, 0.05) is 14.1 Å². The number of ether oxygens (including phenoxy) is 2.